The number of nitrogens with one attached hydrogen (secondary N) is 8. The molecule has 1 aliphatic rings. The quantitative estimate of drug-likeness (QED) is 0.0562. The number of aliphatic hydroxyl groups excluding tert-OH is 1. The number of aromatic nitrogens is 1. The van der Waals surface area contributed by atoms with Gasteiger partial charge in [-0.1, -0.05) is 100 Å². The van der Waals surface area contributed by atoms with Crippen LogP contribution >= 0.6 is 21.6 Å². The van der Waals surface area contributed by atoms with E-state index in [2.05, 4.69) is 42.2 Å². The Morgan fingerprint density at radius 2 is 1.17 bits per heavy atom. The zero-order valence-electron chi connectivity index (χ0n) is 38.0. The number of para-hydroxylation sites is 1. The van der Waals surface area contributed by atoms with E-state index in [4.69, 9.17) is 11.5 Å². The average Bonchev–Trinajstić information content (AvgIpc) is 3.74. The van der Waals surface area contributed by atoms with Crippen LogP contribution in [0.4, 0.5) is 0 Å². The average molecular weight is 989 g/mol. The van der Waals surface area contributed by atoms with Crippen LogP contribution in [0.3, 0.4) is 0 Å². The molecule has 1 aliphatic heterocycles. The highest BCUT2D eigenvalue weighted by Crippen LogP contribution is 2.24. The van der Waals surface area contributed by atoms with Gasteiger partial charge in [-0.25, -0.2) is 4.79 Å². The molecule has 1 saturated heterocycles. The van der Waals surface area contributed by atoms with Gasteiger partial charge in [-0.3, -0.25) is 33.6 Å². The summed E-state index contributed by atoms with van der Waals surface area (Å²) in [5, 5.41) is 40.3. The molecule has 0 aliphatic carbocycles. The SMILES string of the molecule is C[C@@H](O)[C@@H]1NC(=O)[C@H](CCCCN)NC(=O)[C@@H](Cc2c[nH]c3ccccc23)NC(=O)[C@H](Cc2ccccc2)NC(=O)[C@@H](NC(=O)CN)CSSC[C@@H](C(=O)O)NC(=O)[C@H](Cc2ccccc2)NC1=O. The Morgan fingerprint density at radius 3 is 1.77 bits per heavy atom. The summed E-state index contributed by atoms with van der Waals surface area (Å²) >= 11 is 0. The van der Waals surface area contributed by atoms with Crippen molar-refractivity contribution in [2.75, 3.05) is 24.6 Å². The summed E-state index contributed by atoms with van der Waals surface area (Å²) in [6, 6.07) is 14.7. The van der Waals surface area contributed by atoms with E-state index in [1.165, 1.54) is 6.92 Å². The number of aliphatic hydroxyl groups is 1. The minimum atomic E-state index is -1.67. The fourth-order valence-corrected chi connectivity index (χ4v) is 9.78. The molecule has 0 bridgehead atoms. The highest BCUT2D eigenvalue weighted by molar-refractivity contribution is 8.76. The van der Waals surface area contributed by atoms with Crippen molar-refractivity contribution in [2.24, 2.45) is 11.5 Å². The molecule has 0 unspecified atom stereocenters. The van der Waals surface area contributed by atoms with Crippen molar-refractivity contribution in [3.63, 3.8) is 0 Å². The van der Waals surface area contributed by atoms with Gasteiger partial charge in [0, 0.05) is 47.9 Å². The smallest absolute Gasteiger partial charge is 0.327 e. The highest BCUT2D eigenvalue weighted by Gasteiger charge is 2.36. The van der Waals surface area contributed by atoms with Crippen LogP contribution in [0.5, 0.6) is 0 Å². The number of fused-ring (bicyclic) bond motifs is 1. The second-order valence-electron chi connectivity index (χ2n) is 16.5. The molecule has 20 nitrogen and oxygen atoms in total. The summed E-state index contributed by atoms with van der Waals surface area (Å²) in [6.07, 6.45) is 0.711. The number of carboxylic acid groups (broad SMARTS) is 1. The number of unbranched alkanes of at least 4 members (excludes halogenated alkanes) is 1. The summed E-state index contributed by atoms with van der Waals surface area (Å²) in [7, 11) is 1.98. The van der Waals surface area contributed by atoms with Crippen molar-refractivity contribution >= 4 is 79.8 Å². The highest BCUT2D eigenvalue weighted by atomic mass is 33.1. The maximum absolute atomic E-state index is 14.6. The Morgan fingerprint density at radius 1 is 0.652 bits per heavy atom. The number of carbonyl (C=O) groups is 8. The summed E-state index contributed by atoms with van der Waals surface area (Å²) < 4.78 is 0. The fraction of sp³-hybridized carbons (Fsp3) is 0.404. The summed E-state index contributed by atoms with van der Waals surface area (Å²) in [4.78, 5) is 114. The van der Waals surface area contributed by atoms with Gasteiger partial charge in [0.2, 0.25) is 41.4 Å². The number of aliphatic carboxylic acids is 1. The maximum atomic E-state index is 14.6. The molecule has 1 fully saturated rings. The van der Waals surface area contributed by atoms with Crippen LogP contribution in [0.25, 0.3) is 10.9 Å². The van der Waals surface area contributed by atoms with E-state index in [0.717, 1.165) is 32.5 Å². The Bertz CT molecular complexity index is 2390. The Balaban J connectivity index is 1.57. The minimum absolute atomic E-state index is 0.0188. The molecule has 1 aromatic heterocycles. The normalized spacial score (nSPS) is 23.3. The van der Waals surface area contributed by atoms with Gasteiger partial charge in [0.15, 0.2) is 0 Å². The molecule has 14 N–H and O–H groups in total. The van der Waals surface area contributed by atoms with Gasteiger partial charge in [0.25, 0.3) is 0 Å². The lowest BCUT2D eigenvalue weighted by molar-refractivity contribution is -0.141. The number of H-pyrrole nitrogens is 1. The van der Waals surface area contributed by atoms with Crippen LogP contribution in [0.1, 0.15) is 42.9 Å². The van der Waals surface area contributed by atoms with Gasteiger partial charge in [-0.15, -0.1) is 0 Å². The first-order valence-corrected chi connectivity index (χ1v) is 25.0. The van der Waals surface area contributed by atoms with Crippen molar-refractivity contribution in [1.82, 2.24) is 42.2 Å². The van der Waals surface area contributed by atoms with E-state index in [0.29, 0.717) is 29.5 Å². The predicted molar refractivity (Wildman–Crippen MR) is 262 cm³/mol. The number of hydrogen-bond donors (Lipinski definition) is 12. The molecule has 4 aromatic rings. The third kappa shape index (κ3) is 16.3. The van der Waals surface area contributed by atoms with E-state index in [-0.39, 0.29) is 43.7 Å². The van der Waals surface area contributed by atoms with Crippen LogP contribution in [0, 0.1) is 0 Å². The number of carbonyl (C=O) groups excluding carboxylic acids is 7. The number of rotatable bonds is 14. The molecule has 0 saturated carbocycles. The fourth-order valence-electron chi connectivity index (χ4n) is 7.46. The van der Waals surface area contributed by atoms with Crippen LogP contribution in [-0.4, -0.2) is 136 Å². The van der Waals surface area contributed by atoms with Crippen LogP contribution in [0.15, 0.2) is 91.1 Å². The number of carboxylic acids is 1. The second kappa shape index (κ2) is 26.9. The lowest BCUT2D eigenvalue weighted by atomic mass is 10.0. The topological polar surface area (TPSA) is 329 Å². The summed E-state index contributed by atoms with van der Waals surface area (Å²) in [6.45, 7) is 1.04. The van der Waals surface area contributed by atoms with E-state index in [1.807, 2.05) is 24.3 Å². The molecular weight excluding hydrogens is 929 g/mol. The van der Waals surface area contributed by atoms with E-state index >= 15 is 0 Å². The maximum Gasteiger partial charge on any atom is 0.327 e. The van der Waals surface area contributed by atoms with Crippen LogP contribution in [-0.2, 0) is 57.6 Å². The lowest BCUT2D eigenvalue weighted by Gasteiger charge is -2.28. The zero-order valence-corrected chi connectivity index (χ0v) is 39.6. The first-order valence-electron chi connectivity index (χ1n) is 22.5. The van der Waals surface area contributed by atoms with E-state index < -0.39 is 102 Å². The molecular formula is C47H60N10O10S2. The molecule has 3 aromatic carbocycles. The molecule has 5 rings (SSSR count). The van der Waals surface area contributed by atoms with Crippen molar-refractivity contribution in [1.29, 1.82) is 0 Å². The molecule has 8 atom stereocenters. The van der Waals surface area contributed by atoms with E-state index in [9.17, 15) is 48.6 Å². The largest absolute Gasteiger partial charge is 0.480 e. The zero-order chi connectivity index (χ0) is 49.9. The van der Waals surface area contributed by atoms with Crippen LogP contribution < -0.4 is 48.7 Å². The Hall–Kier alpha value is -6.46. The third-order valence-electron chi connectivity index (χ3n) is 11.2. The molecule has 69 heavy (non-hydrogen) atoms. The number of benzene rings is 3. The number of hydrogen-bond acceptors (Lipinski definition) is 13. The molecule has 370 valence electrons. The molecule has 7 amide bonds. The predicted octanol–water partition coefficient (Wildman–Crippen LogP) is -0.462. The minimum Gasteiger partial charge on any atom is -0.480 e. The lowest BCUT2D eigenvalue weighted by Crippen LogP contribution is -2.62. The second-order valence-corrected chi connectivity index (χ2v) is 19.0. The third-order valence-corrected chi connectivity index (χ3v) is 13.6. The van der Waals surface area contributed by atoms with Gasteiger partial charge in [-0.05, 0) is 55.5 Å². The molecule has 2 heterocycles. The van der Waals surface area contributed by atoms with Crippen LogP contribution in [0.2, 0.25) is 0 Å². The summed E-state index contributed by atoms with van der Waals surface area (Å²) in [5.74, 6) is -7.59. The number of amides is 7. The monoisotopic (exact) mass is 988 g/mol. The van der Waals surface area contributed by atoms with E-state index in [1.54, 1.807) is 66.9 Å². The number of nitrogens with two attached hydrogens (primary N) is 2. The number of aromatic amines is 1. The Kier molecular flexibility index (Phi) is 20.9. The van der Waals surface area contributed by atoms with Crippen molar-refractivity contribution in [2.45, 2.75) is 93.8 Å². The first kappa shape index (κ1) is 53.5. The first-order chi connectivity index (χ1) is 33.2. The Labute approximate surface area is 406 Å². The van der Waals surface area contributed by atoms with Crippen molar-refractivity contribution in [3.8, 4) is 0 Å². The van der Waals surface area contributed by atoms with Crippen molar-refractivity contribution in [3.05, 3.63) is 108 Å². The van der Waals surface area contributed by atoms with Gasteiger partial charge >= 0.3 is 5.97 Å². The molecule has 22 heteroatoms. The van der Waals surface area contributed by atoms with Gasteiger partial charge < -0.3 is 63.9 Å². The van der Waals surface area contributed by atoms with Gasteiger partial charge in [0.05, 0.1) is 12.6 Å². The summed E-state index contributed by atoms with van der Waals surface area (Å²) in [5.41, 5.74) is 14.0. The standard InChI is InChI=1S/C47H60N10O10S2/c1-27(58)40-46(65)55-35(21-29-14-6-3-7-15-29)43(62)56-38(47(66)67)26-69-68-25-37(51-39(59)23-49)45(64)53-34(20-28-12-4-2-5-13-28)42(61)54-36(22-30-24-50-32-17-9-8-16-31(30)32)44(63)52-33(41(60)57-40)18-10-11-19-48/h2-9,12-17,24,27,33-38,40,50,58H,10-11,18-23,25-26,48-49H2,1H3,(H,51,59)(H,52,63)(H,53,64)(H,54,61)(H,55,65)(H,56,62)(H,57,60)(H,66,67)/t27-,33+,34+,35+,36-,37+,38+,40+/m1/s1. The van der Waals surface area contributed by atoms with Crippen molar-refractivity contribution < 1.29 is 48.6 Å². The molecule has 0 spiro atoms. The van der Waals surface area contributed by atoms with Gasteiger partial charge in [-0.2, -0.15) is 0 Å². The van der Waals surface area contributed by atoms with Gasteiger partial charge in [0.1, 0.15) is 42.3 Å². The molecule has 0 radical (unpaired) electrons.